The first kappa shape index (κ1) is 17.5. The zero-order valence-electron chi connectivity index (χ0n) is 16.0. The zero-order valence-corrected chi connectivity index (χ0v) is 16.9. The molecule has 2 heterocycles. The van der Waals surface area contributed by atoms with E-state index in [-0.39, 0.29) is 0 Å². The van der Waals surface area contributed by atoms with E-state index >= 15 is 0 Å². The molecule has 2 aliphatic rings. The van der Waals surface area contributed by atoms with Gasteiger partial charge in [0.2, 0.25) is 0 Å². The predicted molar refractivity (Wildman–Crippen MR) is 114 cm³/mol. The van der Waals surface area contributed by atoms with Gasteiger partial charge in [0.25, 0.3) is 0 Å². The fraction of sp³-hybridized carbons (Fsp3) is 0.409. The number of likely N-dealkylation sites (N-methyl/N-ethyl adjacent to an activating group) is 1. The molecule has 3 nitrogen and oxygen atoms in total. The third kappa shape index (κ3) is 2.91. The van der Waals surface area contributed by atoms with Gasteiger partial charge in [-0.3, -0.25) is 0 Å². The summed E-state index contributed by atoms with van der Waals surface area (Å²) in [6.07, 6.45) is 1.14. The fourth-order valence-electron chi connectivity index (χ4n) is 4.41. The molecule has 0 aliphatic carbocycles. The Kier molecular flexibility index (Phi) is 4.49. The van der Waals surface area contributed by atoms with Gasteiger partial charge in [0.1, 0.15) is 0 Å². The fourth-order valence-corrected chi connectivity index (χ4v) is 4.75. The Labute approximate surface area is 162 Å². The maximum Gasteiger partial charge on any atom is 0.178 e. The lowest BCUT2D eigenvalue weighted by Crippen LogP contribution is -2.48. The van der Waals surface area contributed by atoms with Crippen LogP contribution in [0.4, 0.5) is 11.4 Å². The molecule has 4 rings (SSSR count). The molecule has 2 aromatic carbocycles. The van der Waals surface area contributed by atoms with E-state index in [9.17, 15) is 0 Å². The molecule has 2 atom stereocenters. The molecule has 0 aromatic heterocycles. The van der Waals surface area contributed by atoms with Crippen molar-refractivity contribution in [2.45, 2.75) is 39.2 Å². The summed E-state index contributed by atoms with van der Waals surface area (Å²) < 4.78 is 0. The van der Waals surface area contributed by atoms with Crippen molar-refractivity contribution in [2.75, 3.05) is 30.4 Å². The summed E-state index contributed by atoms with van der Waals surface area (Å²) in [4.78, 5) is 4.82. The lowest BCUT2D eigenvalue weighted by atomic mass is 9.89. The summed E-state index contributed by atoms with van der Waals surface area (Å²) in [6, 6.07) is 13.6. The van der Waals surface area contributed by atoms with Crippen LogP contribution in [0.5, 0.6) is 0 Å². The van der Waals surface area contributed by atoms with Crippen LogP contribution in [0.15, 0.2) is 36.4 Å². The van der Waals surface area contributed by atoms with E-state index in [4.69, 9.17) is 12.2 Å². The van der Waals surface area contributed by atoms with E-state index in [0.29, 0.717) is 12.0 Å². The topological polar surface area (TPSA) is 18.5 Å². The van der Waals surface area contributed by atoms with Crippen molar-refractivity contribution in [3.63, 3.8) is 0 Å². The third-order valence-corrected chi connectivity index (χ3v) is 6.32. The zero-order chi connectivity index (χ0) is 18.4. The van der Waals surface area contributed by atoms with Crippen LogP contribution in [0.3, 0.4) is 0 Å². The highest BCUT2D eigenvalue weighted by Gasteiger charge is 2.42. The van der Waals surface area contributed by atoms with Gasteiger partial charge in [0, 0.05) is 29.9 Å². The molecule has 2 aromatic rings. The van der Waals surface area contributed by atoms with Crippen LogP contribution in [0.2, 0.25) is 0 Å². The van der Waals surface area contributed by atoms with Crippen LogP contribution in [0.1, 0.15) is 34.6 Å². The van der Waals surface area contributed by atoms with E-state index in [1.165, 1.54) is 27.9 Å². The lowest BCUT2D eigenvalue weighted by molar-refractivity contribution is 0.237. The highest BCUT2D eigenvalue weighted by molar-refractivity contribution is 7.80. The Balaban J connectivity index is 1.69. The third-order valence-electron chi connectivity index (χ3n) is 6.02. The van der Waals surface area contributed by atoms with Gasteiger partial charge in [0.15, 0.2) is 5.11 Å². The van der Waals surface area contributed by atoms with Gasteiger partial charge in [-0.15, -0.1) is 0 Å². The minimum absolute atomic E-state index is 0.452. The number of hydrogen-bond donors (Lipinski definition) is 1. The quantitative estimate of drug-likeness (QED) is 0.743. The number of fused-ring (bicyclic) bond motifs is 3. The Morgan fingerprint density at radius 2 is 1.96 bits per heavy atom. The summed E-state index contributed by atoms with van der Waals surface area (Å²) in [5.74, 6) is 0.530. The second-order valence-corrected chi connectivity index (χ2v) is 8.22. The minimum Gasteiger partial charge on any atom is -0.332 e. The Hall–Kier alpha value is -1.91. The van der Waals surface area contributed by atoms with E-state index in [2.05, 4.69) is 79.3 Å². The number of aryl methyl sites for hydroxylation is 2. The normalized spacial score (nSPS) is 22.1. The molecule has 136 valence electrons. The Bertz CT molecular complexity index is 860. The number of rotatable bonds is 1. The van der Waals surface area contributed by atoms with Crippen LogP contribution < -0.4 is 10.2 Å². The molecule has 26 heavy (non-hydrogen) atoms. The molecule has 2 unspecified atom stereocenters. The summed E-state index contributed by atoms with van der Waals surface area (Å²) in [5.41, 5.74) is 7.71. The van der Waals surface area contributed by atoms with E-state index < -0.39 is 0 Å². The Morgan fingerprint density at radius 1 is 1.15 bits per heavy atom. The number of piperidine rings is 1. The van der Waals surface area contributed by atoms with Crippen LogP contribution in [-0.4, -0.2) is 36.2 Å². The Morgan fingerprint density at radius 3 is 2.77 bits per heavy atom. The van der Waals surface area contributed by atoms with Crippen LogP contribution in [0.25, 0.3) is 0 Å². The molecule has 2 aliphatic heterocycles. The monoisotopic (exact) mass is 365 g/mol. The van der Waals surface area contributed by atoms with Crippen LogP contribution in [-0.2, 0) is 0 Å². The average molecular weight is 366 g/mol. The molecule has 1 saturated heterocycles. The van der Waals surface area contributed by atoms with E-state index in [1.807, 2.05) is 0 Å². The van der Waals surface area contributed by atoms with E-state index in [0.717, 1.165) is 30.3 Å². The number of anilines is 2. The standard InChI is InChI=1S/C22H27N3S/c1-14-8-9-20-17(12-14)18-13-24(4)11-10-21(18)25(20)22(26)23-19-7-5-6-15(2)16(19)3/h5-9,12,18,21H,10-11,13H2,1-4H3,(H,23,26). The minimum atomic E-state index is 0.452. The van der Waals surface area contributed by atoms with Gasteiger partial charge >= 0.3 is 0 Å². The number of thiocarbonyl (C=S) groups is 1. The van der Waals surface area contributed by atoms with Crippen LogP contribution in [0, 0.1) is 20.8 Å². The molecule has 4 heteroatoms. The molecular formula is C22H27N3S. The number of nitrogens with one attached hydrogen (secondary N) is 1. The van der Waals surface area contributed by atoms with Crippen molar-refractivity contribution in [1.29, 1.82) is 0 Å². The van der Waals surface area contributed by atoms with Gasteiger partial charge in [-0.2, -0.15) is 0 Å². The molecule has 1 N–H and O–H groups in total. The summed E-state index contributed by atoms with van der Waals surface area (Å²) >= 11 is 5.91. The highest BCUT2D eigenvalue weighted by Crippen LogP contribution is 2.45. The molecule has 1 fully saturated rings. The number of benzene rings is 2. The number of likely N-dealkylation sites (tertiary alicyclic amines) is 1. The first-order valence-corrected chi connectivity index (χ1v) is 9.82. The molecular weight excluding hydrogens is 338 g/mol. The average Bonchev–Trinajstić information content (AvgIpc) is 2.92. The second kappa shape index (κ2) is 6.67. The first-order valence-electron chi connectivity index (χ1n) is 9.41. The number of nitrogens with zero attached hydrogens (tertiary/aromatic N) is 2. The van der Waals surface area contributed by atoms with Crippen molar-refractivity contribution in [1.82, 2.24) is 4.90 Å². The molecule has 0 amide bonds. The van der Waals surface area contributed by atoms with Gasteiger partial charge in [-0.05, 0) is 81.8 Å². The number of hydrogen-bond acceptors (Lipinski definition) is 2. The molecule has 0 radical (unpaired) electrons. The SMILES string of the molecule is Cc1ccc2c(c1)C1CN(C)CCC1N2C(=S)Nc1cccc(C)c1C. The molecule has 0 spiro atoms. The predicted octanol–water partition coefficient (Wildman–Crippen LogP) is 4.62. The maximum atomic E-state index is 5.91. The van der Waals surface area contributed by atoms with Gasteiger partial charge in [0.05, 0.1) is 0 Å². The lowest BCUT2D eigenvalue weighted by Gasteiger charge is -2.37. The largest absolute Gasteiger partial charge is 0.332 e. The smallest absolute Gasteiger partial charge is 0.178 e. The summed E-state index contributed by atoms with van der Waals surface area (Å²) in [5, 5.41) is 4.36. The van der Waals surface area contributed by atoms with Gasteiger partial charge in [-0.1, -0.05) is 29.8 Å². The molecule has 0 saturated carbocycles. The van der Waals surface area contributed by atoms with Crippen molar-refractivity contribution < 1.29 is 0 Å². The molecule has 0 bridgehead atoms. The maximum absolute atomic E-state index is 5.91. The van der Waals surface area contributed by atoms with Crippen molar-refractivity contribution in [3.8, 4) is 0 Å². The van der Waals surface area contributed by atoms with Crippen molar-refractivity contribution in [2.24, 2.45) is 0 Å². The second-order valence-electron chi connectivity index (χ2n) is 7.83. The van der Waals surface area contributed by atoms with E-state index in [1.54, 1.807) is 0 Å². The first-order chi connectivity index (χ1) is 12.5. The van der Waals surface area contributed by atoms with Gasteiger partial charge < -0.3 is 15.1 Å². The highest BCUT2D eigenvalue weighted by atomic mass is 32.1. The van der Waals surface area contributed by atoms with Crippen molar-refractivity contribution in [3.05, 3.63) is 58.7 Å². The van der Waals surface area contributed by atoms with Crippen LogP contribution >= 0.6 is 12.2 Å². The summed E-state index contributed by atoms with van der Waals surface area (Å²) in [7, 11) is 2.22. The van der Waals surface area contributed by atoms with Crippen molar-refractivity contribution >= 4 is 28.7 Å². The van der Waals surface area contributed by atoms with Gasteiger partial charge in [-0.25, -0.2) is 0 Å². The summed E-state index contributed by atoms with van der Waals surface area (Å²) in [6.45, 7) is 8.70.